The molecule has 1 aliphatic heterocycles. The molecule has 0 radical (unpaired) electrons. The summed E-state index contributed by atoms with van der Waals surface area (Å²) in [5.41, 5.74) is 0. The van der Waals surface area contributed by atoms with Crippen LogP contribution in [0.5, 0.6) is 0 Å². The first-order chi connectivity index (χ1) is 9.40. The minimum absolute atomic E-state index is 0.0208. The highest BCUT2D eigenvalue weighted by molar-refractivity contribution is 5.76. The Hall–Kier alpha value is -1.30. The van der Waals surface area contributed by atoms with Crippen LogP contribution < -0.4 is 5.32 Å². The minimum Gasteiger partial charge on any atom is -0.481 e. The van der Waals surface area contributed by atoms with Crippen molar-refractivity contribution in [3.8, 4) is 0 Å². The summed E-state index contributed by atoms with van der Waals surface area (Å²) in [6, 6.07) is -0.210. The van der Waals surface area contributed by atoms with Crippen LogP contribution in [0.4, 0.5) is 4.79 Å². The summed E-state index contributed by atoms with van der Waals surface area (Å²) in [6.45, 7) is 5.08. The minimum atomic E-state index is -0.881. The van der Waals surface area contributed by atoms with Crippen LogP contribution in [0.15, 0.2) is 0 Å². The Morgan fingerprint density at radius 1 is 1.30 bits per heavy atom. The number of nitrogens with zero attached hydrogens (tertiary/aromatic N) is 1. The van der Waals surface area contributed by atoms with Gasteiger partial charge in [-0.15, -0.1) is 0 Å². The molecule has 2 amide bonds. The number of rotatable bonds is 4. The standard InChI is InChI=1S/C14H24N2O4/c1-8(2)10(13(18)19)5-15-14(20)16-6-9-3-4-12(17)11(9)7-16/h8-12,17H,3-7H2,1-2H3,(H,15,20)(H,18,19). The molecule has 6 nitrogen and oxygen atoms in total. The number of hydrogen-bond acceptors (Lipinski definition) is 3. The molecule has 1 heterocycles. The van der Waals surface area contributed by atoms with Crippen molar-refractivity contribution in [2.45, 2.75) is 32.8 Å². The zero-order chi connectivity index (χ0) is 14.9. The number of likely N-dealkylation sites (tertiary alicyclic amines) is 1. The molecule has 2 aliphatic rings. The first-order valence-electron chi connectivity index (χ1n) is 7.33. The fourth-order valence-electron chi connectivity index (χ4n) is 3.32. The lowest BCUT2D eigenvalue weighted by Crippen LogP contribution is -2.43. The topological polar surface area (TPSA) is 89.9 Å². The van der Waals surface area contributed by atoms with Crippen LogP contribution >= 0.6 is 0 Å². The van der Waals surface area contributed by atoms with Crippen molar-refractivity contribution in [1.29, 1.82) is 0 Å². The van der Waals surface area contributed by atoms with Gasteiger partial charge in [-0.05, 0) is 24.7 Å². The summed E-state index contributed by atoms with van der Waals surface area (Å²) >= 11 is 0. The molecule has 6 heteroatoms. The third-order valence-corrected chi connectivity index (χ3v) is 4.70. The summed E-state index contributed by atoms with van der Waals surface area (Å²) in [5.74, 6) is -0.870. The van der Waals surface area contributed by atoms with Gasteiger partial charge in [0.1, 0.15) is 0 Å². The van der Waals surface area contributed by atoms with E-state index in [1.165, 1.54) is 0 Å². The Bertz CT molecular complexity index is 385. The van der Waals surface area contributed by atoms with E-state index < -0.39 is 11.9 Å². The third kappa shape index (κ3) is 3.06. The van der Waals surface area contributed by atoms with E-state index in [1.807, 2.05) is 13.8 Å². The van der Waals surface area contributed by atoms with Gasteiger partial charge in [0.2, 0.25) is 0 Å². The molecule has 0 bridgehead atoms. The van der Waals surface area contributed by atoms with Crippen LogP contribution in [-0.4, -0.2) is 52.9 Å². The van der Waals surface area contributed by atoms with Crippen molar-refractivity contribution < 1.29 is 19.8 Å². The second-order valence-corrected chi connectivity index (χ2v) is 6.35. The molecule has 0 aromatic rings. The average Bonchev–Trinajstić information content (AvgIpc) is 2.91. The molecule has 2 rings (SSSR count). The van der Waals surface area contributed by atoms with Crippen molar-refractivity contribution in [1.82, 2.24) is 10.2 Å². The highest BCUT2D eigenvalue weighted by Gasteiger charge is 2.43. The van der Waals surface area contributed by atoms with Crippen LogP contribution in [0.1, 0.15) is 26.7 Å². The highest BCUT2D eigenvalue weighted by Crippen LogP contribution is 2.37. The summed E-state index contributed by atoms with van der Waals surface area (Å²) in [4.78, 5) is 24.9. The van der Waals surface area contributed by atoms with E-state index in [-0.39, 0.29) is 30.5 Å². The number of urea groups is 1. The van der Waals surface area contributed by atoms with Crippen molar-refractivity contribution in [2.75, 3.05) is 19.6 Å². The summed E-state index contributed by atoms with van der Waals surface area (Å²) < 4.78 is 0. The zero-order valence-corrected chi connectivity index (χ0v) is 12.1. The van der Waals surface area contributed by atoms with E-state index >= 15 is 0 Å². The number of fused-ring (bicyclic) bond motifs is 1. The van der Waals surface area contributed by atoms with E-state index in [0.717, 1.165) is 12.8 Å². The molecular formula is C14H24N2O4. The second kappa shape index (κ2) is 5.99. The largest absolute Gasteiger partial charge is 0.481 e. The van der Waals surface area contributed by atoms with E-state index in [2.05, 4.69) is 5.32 Å². The van der Waals surface area contributed by atoms with Crippen LogP contribution in [0.25, 0.3) is 0 Å². The Kier molecular flexibility index (Phi) is 4.52. The Labute approximate surface area is 119 Å². The smallest absolute Gasteiger partial charge is 0.317 e. The fourth-order valence-corrected chi connectivity index (χ4v) is 3.32. The molecule has 4 unspecified atom stereocenters. The maximum absolute atomic E-state index is 12.1. The number of carbonyl (C=O) groups is 2. The lowest BCUT2D eigenvalue weighted by Gasteiger charge is -2.22. The first-order valence-corrected chi connectivity index (χ1v) is 7.33. The van der Waals surface area contributed by atoms with E-state index in [4.69, 9.17) is 5.11 Å². The Morgan fingerprint density at radius 2 is 2.00 bits per heavy atom. The fraction of sp³-hybridized carbons (Fsp3) is 0.857. The quantitative estimate of drug-likeness (QED) is 0.711. The Morgan fingerprint density at radius 3 is 2.55 bits per heavy atom. The lowest BCUT2D eigenvalue weighted by atomic mass is 9.96. The SMILES string of the molecule is CC(C)C(CNC(=O)N1CC2CCC(O)C2C1)C(=O)O. The molecule has 2 fully saturated rings. The number of carbonyl (C=O) groups excluding carboxylic acids is 1. The maximum Gasteiger partial charge on any atom is 0.317 e. The molecule has 0 spiro atoms. The van der Waals surface area contributed by atoms with Gasteiger partial charge in [0.05, 0.1) is 12.0 Å². The first kappa shape index (κ1) is 15.1. The van der Waals surface area contributed by atoms with Crippen LogP contribution in [0, 0.1) is 23.7 Å². The van der Waals surface area contributed by atoms with Gasteiger partial charge in [0, 0.05) is 25.6 Å². The second-order valence-electron chi connectivity index (χ2n) is 6.35. The molecule has 1 saturated carbocycles. The zero-order valence-electron chi connectivity index (χ0n) is 12.1. The summed E-state index contributed by atoms with van der Waals surface area (Å²) in [5, 5.41) is 21.6. The van der Waals surface area contributed by atoms with Crippen LogP contribution in [-0.2, 0) is 4.79 Å². The molecular weight excluding hydrogens is 260 g/mol. The number of aliphatic hydroxyl groups is 1. The molecule has 1 aliphatic carbocycles. The van der Waals surface area contributed by atoms with Gasteiger partial charge < -0.3 is 20.4 Å². The third-order valence-electron chi connectivity index (χ3n) is 4.70. The lowest BCUT2D eigenvalue weighted by molar-refractivity contribution is -0.142. The molecule has 0 aromatic carbocycles. The Balaban J connectivity index is 1.83. The van der Waals surface area contributed by atoms with Crippen LogP contribution in [0.2, 0.25) is 0 Å². The molecule has 20 heavy (non-hydrogen) atoms. The van der Waals surface area contributed by atoms with Crippen molar-refractivity contribution in [3.63, 3.8) is 0 Å². The molecule has 114 valence electrons. The average molecular weight is 284 g/mol. The summed E-state index contributed by atoms with van der Waals surface area (Å²) in [7, 11) is 0. The number of aliphatic hydroxyl groups excluding tert-OH is 1. The van der Waals surface area contributed by atoms with Gasteiger partial charge in [-0.1, -0.05) is 13.8 Å². The maximum atomic E-state index is 12.1. The summed E-state index contributed by atoms with van der Waals surface area (Å²) in [6.07, 6.45) is 1.51. The van der Waals surface area contributed by atoms with E-state index in [0.29, 0.717) is 19.0 Å². The normalized spacial score (nSPS) is 30.4. The van der Waals surface area contributed by atoms with Gasteiger partial charge in [-0.2, -0.15) is 0 Å². The monoisotopic (exact) mass is 284 g/mol. The number of amides is 2. The molecule has 3 N–H and O–H groups in total. The highest BCUT2D eigenvalue weighted by atomic mass is 16.4. The van der Waals surface area contributed by atoms with Gasteiger partial charge in [-0.25, -0.2) is 4.79 Å². The molecule has 0 aromatic heterocycles. The number of carboxylic acid groups (broad SMARTS) is 1. The molecule has 1 saturated heterocycles. The van der Waals surface area contributed by atoms with Gasteiger partial charge in [0.15, 0.2) is 0 Å². The van der Waals surface area contributed by atoms with Crippen molar-refractivity contribution in [2.24, 2.45) is 23.7 Å². The number of carboxylic acids is 1. The van der Waals surface area contributed by atoms with Crippen LogP contribution in [0.3, 0.4) is 0 Å². The predicted molar refractivity (Wildman–Crippen MR) is 73.2 cm³/mol. The number of nitrogens with one attached hydrogen (secondary N) is 1. The predicted octanol–water partition coefficient (Wildman–Crippen LogP) is 0.755. The van der Waals surface area contributed by atoms with E-state index in [9.17, 15) is 14.7 Å². The molecule has 4 atom stereocenters. The number of hydrogen-bond donors (Lipinski definition) is 3. The van der Waals surface area contributed by atoms with Gasteiger partial charge in [-0.3, -0.25) is 4.79 Å². The van der Waals surface area contributed by atoms with Crippen molar-refractivity contribution >= 4 is 12.0 Å². The van der Waals surface area contributed by atoms with Gasteiger partial charge >= 0.3 is 12.0 Å². The van der Waals surface area contributed by atoms with Crippen molar-refractivity contribution in [3.05, 3.63) is 0 Å². The van der Waals surface area contributed by atoms with E-state index in [1.54, 1.807) is 4.90 Å². The number of aliphatic carboxylic acids is 1. The van der Waals surface area contributed by atoms with Gasteiger partial charge in [0.25, 0.3) is 0 Å².